The fraction of sp³-hybridized carbons (Fsp3) is 0.143. The van der Waals surface area contributed by atoms with Gasteiger partial charge in [-0.15, -0.1) is 0 Å². The first-order valence-corrected chi connectivity index (χ1v) is 6.71. The van der Waals surface area contributed by atoms with Crippen molar-refractivity contribution in [2.75, 3.05) is 12.4 Å². The lowest BCUT2D eigenvalue weighted by molar-refractivity contribution is -0.385. The van der Waals surface area contributed by atoms with Gasteiger partial charge in [-0.1, -0.05) is 18.2 Å². The molecule has 0 fully saturated rings. The van der Waals surface area contributed by atoms with Crippen molar-refractivity contribution in [3.8, 4) is 5.75 Å². The molecular weight excluding hydrogens is 324 g/mol. The van der Waals surface area contributed by atoms with Gasteiger partial charge in [0.15, 0.2) is 0 Å². The average molecular weight is 337 g/mol. The van der Waals surface area contributed by atoms with E-state index >= 15 is 0 Å². The minimum absolute atomic E-state index is 0.110. The first kappa shape index (κ1) is 14.3. The number of halogens is 1. The maximum atomic E-state index is 10.9. The smallest absolute Gasteiger partial charge is 0.274 e. The van der Waals surface area contributed by atoms with Crippen molar-refractivity contribution in [1.82, 2.24) is 0 Å². The van der Waals surface area contributed by atoms with E-state index in [2.05, 4.69) is 21.2 Å². The summed E-state index contributed by atoms with van der Waals surface area (Å²) in [6.45, 7) is 0.364. The molecule has 0 spiro atoms. The zero-order chi connectivity index (χ0) is 14.5. The number of hydrogen-bond acceptors (Lipinski definition) is 4. The van der Waals surface area contributed by atoms with Crippen LogP contribution in [0.1, 0.15) is 5.56 Å². The van der Waals surface area contributed by atoms with Gasteiger partial charge in [0.05, 0.1) is 17.7 Å². The molecule has 2 aromatic rings. The van der Waals surface area contributed by atoms with Crippen LogP contribution in [0.2, 0.25) is 0 Å². The lowest BCUT2D eigenvalue weighted by atomic mass is 10.2. The Morgan fingerprint density at radius 3 is 2.75 bits per heavy atom. The highest BCUT2D eigenvalue weighted by Crippen LogP contribution is 2.28. The Labute approximate surface area is 124 Å². The second kappa shape index (κ2) is 6.38. The highest BCUT2D eigenvalue weighted by atomic mass is 79.9. The van der Waals surface area contributed by atoms with Crippen LogP contribution in [0.15, 0.2) is 46.9 Å². The third kappa shape index (κ3) is 3.27. The molecule has 0 atom stereocenters. The van der Waals surface area contributed by atoms with Crippen LogP contribution in [-0.2, 0) is 6.54 Å². The molecule has 20 heavy (non-hydrogen) atoms. The van der Waals surface area contributed by atoms with Crippen LogP contribution in [0.4, 0.5) is 11.4 Å². The Balaban J connectivity index is 2.19. The first-order chi connectivity index (χ1) is 9.61. The van der Waals surface area contributed by atoms with E-state index in [9.17, 15) is 10.1 Å². The first-order valence-electron chi connectivity index (χ1n) is 5.91. The molecule has 0 aliphatic heterocycles. The van der Waals surface area contributed by atoms with Gasteiger partial charge in [-0.25, -0.2) is 0 Å². The van der Waals surface area contributed by atoms with Crippen LogP contribution in [0.25, 0.3) is 0 Å². The number of methoxy groups -OCH3 is 1. The van der Waals surface area contributed by atoms with Crippen molar-refractivity contribution < 1.29 is 9.66 Å². The quantitative estimate of drug-likeness (QED) is 0.662. The summed E-state index contributed by atoms with van der Waals surface area (Å²) in [5, 5.41) is 14.1. The number of ether oxygens (including phenoxy) is 1. The van der Waals surface area contributed by atoms with E-state index in [1.54, 1.807) is 25.3 Å². The maximum Gasteiger partial charge on any atom is 0.274 e. The largest absolute Gasteiger partial charge is 0.497 e. The normalized spacial score (nSPS) is 10.1. The fourth-order valence-electron chi connectivity index (χ4n) is 1.80. The summed E-state index contributed by atoms with van der Waals surface area (Å²) in [7, 11) is 1.59. The van der Waals surface area contributed by atoms with Gasteiger partial charge in [-0.2, -0.15) is 0 Å². The van der Waals surface area contributed by atoms with E-state index in [4.69, 9.17) is 4.74 Å². The lowest BCUT2D eigenvalue weighted by Crippen LogP contribution is -2.03. The number of anilines is 1. The Morgan fingerprint density at radius 2 is 2.05 bits per heavy atom. The van der Waals surface area contributed by atoms with Crippen molar-refractivity contribution in [3.63, 3.8) is 0 Å². The number of nitrogens with one attached hydrogen (secondary N) is 1. The Bertz CT molecular complexity index is 632. The van der Waals surface area contributed by atoms with Crippen molar-refractivity contribution in [2.24, 2.45) is 0 Å². The van der Waals surface area contributed by atoms with Crippen LogP contribution >= 0.6 is 15.9 Å². The summed E-state index contributed by atoms with van der Waals surface area (Å²) >= 11 is 3.43. The second-order valence-corrected chi connectivity index (χ2v) is 4.94. The summed E-state index contributed by atoms with van der Waals surface area (Å²) in [4.78, 5) is 10.6. The summed E-state index contributed by atoms with van der Waals surface area (Å²) in [6, 6.07) is 12.2. The van der Waals surface area contributed by atoms with Crippen LogP contribution in [-0.4, -0.2) is 12.0 Å². The van der Waals surface area contributed by atoms with Gasteiger partial charge in [0.1, 0.15) is 5.75 Å². The van der Waals surface area contributed by atoms with E-state index in [0.29, 0.717) is 12.1 Å². The molecule has 104 valence electrons. The molecule has 2 aromatic carbocycles. The molecule has 0 heterocycles. The molecule has 5 nitrogen and oxygen atoms in total. The van der Waals surface area contributed by atoms with Crippen LogP contribution in [0.3, 0.4) is 0 Å². The molecular formula is C14H13BrN2O3. The standard InChI is InChI=1S/C14H13BrN2O3/c1-20-11-6-7-12(15)13(8-11)16-9-10-4-2-3-5-14(10)17(18)19/h2-8,16H,9H2,1H3. The number of hydrogen-bond donors (Lipinski definition) is 1. The number of rotatable bonds is 5. The average Bonchev–Trinajstić information content (AvgIpc) is 2.46. The van der Waals surface area contributed by atoms with E-state index < -0.39 is 0 Å². The molecule has 0 saturated carbocycles. The molecule has 0 unspecified atom stereocenters. The molecule has 1 N–H and O–H groups in total. The zero-order valence-corrected chi connectivity index (χ0v) is 12.4. The summed E-state index contributed by atoms with van der Waals surface area (Å²) in [5.74, 6) is 0.721. The molecule has 0 aliphatic rings. The fourth-order valence-corrected chi connectivity index (χ4v) is 2.18. The van der Waals surface area contributed by atoms with E-state index in [1.807, 2.05) is 18.2 Å². The monoisotopic (exact) mass is 336 g/mol. The molecule has 0 saturated heterocycles. The van der Waals surface area contributed by atoms with Crippen LogP contribution in [0.5, 0.6) is 5.75 Å². The van der Waals surface area contributed by atoms with E-state index in [0.717, 1.165) is 15.9 Å². The van der Waals surface area contributed by atoms with Gasteiger partial charge in [0.25, 0.3) is 5.69 Å². The highest BCUT2D eigenvalue weighted by molar-refractivity contribution is 9.10. The minimum Gasteiger partial charge on any atom is -0.497 e. The van der Waals surface area contributed by atoms with Crippen LogP contribution in [0, 0.1) is 10.1 Å². The summed E-state index contributed by atoms with van der Waals surface area (Å²) in [5.41, 5.74) is 1.56. The number of para-hydroxylation sites is 1. The second-order valence-electron chi connectivity index (χ2n) is 4.09. The predicted molar refractivity (Wildman–Crippen MR) is 81.1 cm³/mol. The Kier molecular flexibility index (Phi) is 4.57. The number of nitro groups is 1. The summed E-state index contributed by atoms with van der Waals surface area (Å²) < 4.78 is 6.03. The van der Waals surface area contributed by atoms with Crippen LogP contribution < -0.4 is 10.1 Å². The molecule has 0 aromatic heterocycles. The Hall–Kier alpha value is -2.08. The van der Waals surface area contributed by atoms with Crippen molar-refractivity contribution in [1.29, 1.82) is 0 Å². The SMILES string of the molecule is COc1ccc(Br)c(NCc2ccccc2[N+](=O)[O-])c1. The van der Waals surface area contributed by atoms with Gasteiger partial charge < -0.3 is 10.1 Å². The third-order valence-corrected chi connectivity index (χ3v) is 3.52. The van der Waals surface area contributed by atoms with E-state index in [-0.39, 0.29) is 10.6 Å². The van der Waals surface area contributed by atoms with Gasteiger partial charge in [-0.3, -0.25) is 10.1 Å². The topological polar surface area (TPSA) is 64.4 Å². The van der Waals surface area contributed by atoms with Gasteiger partial charge in [-0.05, 0) is 28.1 Å². The van der Waals surface area contributed by atoms with E-state index in [1.165, 1.54) is 6.07 Å². The molecule has 0 amide bonds. The van der Waals surface area contributed by atoms with Gasteiger partial charge in [0.2, 0.25) is 0 Å². The lowest BCUT2D eigenvalue weighted by Gasteiger charge is -2.10. The molecule has 6 heteroatoms. The van der Waals surface area contributed by atoms with Gasteiger partial charge in [0, 0.05) is 28.7 Å². The summed E-state index contributed by atoms with van der Waals surface area (Å²) in [6.07, 6.45) is 0. The number of nitro benzene ring substituents is 1. The minimum atomic E-state index is -0.377. The van der Waals surface area contributed by atoms with Gasteiger partial charge >= 0.3 is 0 Å². The zero-order valence-electron chi connectivity index (χ0n) is 10.8. The molecule has 2 rings (SSSR count). The molecule has 0 bridgehead atoms. The highest BCUT2D eigenvalue weighted by Gasteiger charge is 2.12. The predicted octanol–water partition coefficient (Wildman–Crippen LogP) is 3.98. The number of benzene rings is 2. The maximum absolute atomic E-state index is 10.9. The number of nitrogens with zero attached hydrogens (tertiary/aromatic N) is 1. The van der Waals surface area contributed by atoms with Crippen molar-refractivity contribution in [2.45, 2.75) is 6.54 Å². The third-order valence-electron chi connectivity index (χ3n) is 2.83. The van der Waals surface area contributed by atoms with Crippen molar-refractivity contribution >= 4 is 27.3 Å². The Morgan fingerprint density at radius 1 is 1.30 bits per heavy atom. The van der Waals surface area contributed by atoms with Crippen molar-refractivity contribution in [3.05, 3.63) is 62.6 Å². The molecule has 0 radical (unpaired) electrons. The molecule has 0 aliphatic carbocycles.